The van der Waals surface area contributed by atoms with Crippen molar-refractivity contribution in [3.05, 3.63) is 23.9 Å². The maximum atomic E-state index is 4.36. The molecule has 0 radical (unpaired) electrons. The van der Waals surface area contributed by atoms with Crippen molar-refractivity contribution in [1.82, 2.24) is 10.3 Å². The third-order valence-electron chi connectivity index (χ3n) is 2.34. The zero-order valence-electron chi connectivity index (χ0n) is 9.95. The zero-order chi connectivity index (χ0) is 11.1. The summed E-state index contributed by atoms with van der Waals surface area (Å²) in [6.07, 6.45) is 3.03. The molecule has 0 atom stereocenters. The van der Waals surface area contributed by atoms with Gasteiger partial charge in [-0.25, -0.2) is 4.98 Å². The molecule has 3 nitrogen and oxygen atoms in total. The van der Waals surface area contributed by atoms with Crippen LogP contribution in [-0.2, 0) is 6.54 Å². The molecule has 0 aliphatic heterocycles. The highest BCUT2D eigenvalue weighted by Gasteiger charge is 2.01. The lowest BCUT2D eigenvalue weighted by Crippen LogP contribution is -2.19. The second-order valence-corrected chi connectivity index (χ2v) is 3.72. The molecule has 15 heavy (non-hydrogen) atoms. The zero-order valence-corrected chi connectivity index (χ0v) is 9.95. The highest BCUT2D eigenvalue weighted by molar-refractivity contribution is 5.39. The summed E-state index contributed by atoms with van der Waals surface area (Å²) in [6, 6.07) is 4.21. The summed E-state index contributed by atoms with van der Waals surface area (Å²) < 4.78 is 0. The Morgan fingerprint density at radius 1 is 1.40 bits per heavy atom. The Kier molecular flexibility index (Phi) is 5.12. The molecule has 1 aromatic heterocycles. The molecular weight excluding hydrogens is 186 g/mol. The molecule has 0 bridgehead atoms. The Balaban J connectivity index is 2.64. The minimum absolute atomic E-state index is 0.923. The second-order valence-electron chi connectivity index (χ2n) is 3.72. The van der Waals surface area contributed by atoms with E-state index in [1.807, 2.05) is 6.20 Å². The molecule has 0 aromatic carbocycles. The average molecular weight is 207 g/mol. The van der Waals surface area contributed by atoms with Gasteiger partial charge in [-0.3, -0.25) is 0 Å². The van der Waals surface area contributed by atoms with Crippen LogP contribution in [0.2, 0.25) is 0 Å². The van der Waals surface area contributed by atoms with Crippen LogP contribution >= 0.6 is 0 Å². The third-order valence-corrected chi connectivity index (χ3v) is 2.34. The number of anilines is 1. The van der Waals surface area contributed by atoms with Crippen molar-refractivity contribution < 1.29 is 0 Å². The van der Waals surface area contributed by atoms with Crippen LogP contribution in [-0.4, -0.2) is 25.1 Å². The lowest BCUT2D eigenvalue weighted by atomic mass is 10.2. The summed E-state index contributed by atoms with van der Waals surface area (Å²) in [6.45, 7) is 7.27. The van der Waals surface area contributed by atoms with Crippen molar-refractivity contribution in [2.24, 2.45) is 0 Å². The monoisotopic (exact) mass is 207 g/mol. The summed E-state index contributed by atoms with van der Waals surface area (Å²) in [5.41, 5.74) is 1.30. The van der Waals surface area contributed by atoms with E-state index >= 15 is 0 Å². The summed E-state index contributed by atoms with van der Waals surface area (Å²) in [5, 5.41) is 3.32. The maximum Gasteiger partial charge on any atom is 0.128 e. The largest absolute Gasteiger partial charge is 0.360 e. The molecule has 0 spiro atoms. The Labute approximate surface area is 92.5 Å². The first-order valence-corrected chi connectivity index (χ1v) is 5.64. The van der Waals surface area contributed by atoms with E-state index in [1.54, 1.807) is 0 Å². The topological polar surface area (TPSA) is 28.2 Å². The molecule has 0 aliphatic carbocycles. The van der Waals surface area contributed by atoms with Crippen molar-refractivity contribution in [3.8, 4) is 0 Å². The second kappa shape index (κ2) is 6.40. The van der Waals surface area contributed by atoms with Gasteiger partial charge in [-0.05, 0) is 30.7 Å². The molecule has 3 heteroatoms. The van der Waals surface area contributed by atoms with Gasteiger partial charge in [-0.2, -0.15) is 0 Å². The molecule has 0 aliphatic rings. The normalized spacial score (nSPS) is 10.3. The van der Waals surface area contributed by atoms with E-state index in [2.05, 4.69) is 48.2 Å². The van der Waals surface area contributed by atoms with Gasteiger partial charge in [-0.1, -0.05) is 13.8 Å². The van der Waals surface area contributed by atoms with E-state index in [0.29, 0.717) is 0 Å². The van der Waals surface area contributed by atoms with E-state index in [-0.39, 0.29) is 0 Å². The Morgan fingerprint density at radius 2 is 2.20 bits per heavy atom. The summed E-state index contributed by atoms with van der Waals surface area (Å²) in [5.74, 6) is 1.06. The van der Waals surface area contributed by atoms with Gasteiger partial charge in [-0.15, -0.1) is 0 Å². The first-order valence-electron chi connectivity index (χ1n) is 5.64. The van der Waals surface area contributed by atoms with Gasteiger partial charge in [0.2, 0.25) is 0 Å². The van der Waals surface area contributed by atoms with Gasteiger partial charge in [0.15, 0.2) is 0 Å². The summed E-state index contributed by atoms with van der Waals surface area (Å²) in [7, 11) is 2.09. The van der Waals surface area contributed by atoms with Gasteiger partial charge in [0.1, 0.15) is 5.82 Å². The molecular formula is C12H21N3. The van der Waals surface area contributed by atoms with Gasteiger partial charge in [0.05, 0.1) is 0 Å². The number of pyridine rings is 1. The van der Waals surface area contributed by atoms with Gasteiger partial charge in [0, 0.05) is 26.3 Å². The summed E-state index contributed by atoms with van der Waals surface area (Å²) >= 11 is 0. The van der Waals surface area contributed by atoms with Crippen LogP contribution in [0.4, 0.5) is 5.82 Å². The van der Waals surface area contributed by atoms with E-state index in [1.165, 1.54) is 5.56 Å². The lowest BCUT2D eigenvalue weighted by molar-refractivity contribution is 0.724. The van der Waals surface area contributed by atoms with Crippen molar-refractivity contribution in [3.63, 3.8) is 0 Å². The van der Waals surface area contributed by atoms with E-state index in [4.69, 9.17) is 0 Å². The number of nitrogens with one attached hydrogen (secondary N) is 1. The molecule has 84 valence electrons. The molecule has 0 amide bonds. The number of aromatic nitrogens is 1. The van der Waals surface area contributed by atoms with Crippen molar-refractivity contribution in [2.45, 2.75) is 26.8 Å². The molecule has 1 rings (SSSR count). The molecule has 0 fully saturated rings. The number of rotatable bonds is 6. The maximum absolute atomic E-state index is 4.36. The van der Waals surface area contributed by atoms with Gasteiger partial charge >= 0.3 is 0 Å². The van der Waals surface area contributed by atoms with Gasteiger partial charge in [0.25, 0.3) is 0 Å². The Morgan fingerprint density at radius 3 is 2.87 bits per heavy atom. The first kappa shape index (κ1) is 12.0. The van der Waals surface area contributed by atoms with Crippen LogP contribution < -0.4 is 10.2 Å². The van der Waals surface area contributed by atoms with Crippen LogP contribution in [0.3, 0.4) is 0 Å². The highest BCUT2D eigenvalue weighted by atomic mass is 15.2. The van der Waals surface area contributed by atoms with Crippen molar-refractivity contribution in [1.29, 1.82) is 0 Å². The van der Waals surface area contributed by atoms with Crippen molar-refractivity contribution >= 4 is 5.82 Å². The molecule has 0 unspecified atom stereocenters. The average Bonchev–Trinajstić information content (AvgIpc) is 2.27. The van der Waals surface area contributed by atoms with Crippen LogP contribution in [0.1, 0.15) is 25.8 Å². The van der Waals surface area contributed by atoms with Crippen LogP contribution in [0.5, 0.6) is 0 Å². The predicted octanol–water partition coefficient (Wildman–Crippen LogP) is 2.04. The van der Waals surface area contributed by atoms with Crippen LogP contribution in [0, 0.1) is 0 Å². The fourth-order valence-electron chi connectivity index (χ4n) is 1.50. The molecule has 1 heterocycles. The third kappa shape index (κ3) is 3.88. The minimum atomic E-state index is 0.923. The van der Waals surface area contributed by atoms with Gasteiger partial charge < -0.3 is 10.2 Å². The summed E-state index contributed by atoms with van der Waals surface area (Å²) in [4.78, 5) is 6.55. The Hall–Kier alpha value is -1.09. The SMILES string of the molecule is CCCN(C)c1cc(CNCC)ccn1. The van der Waals surface area contributed by atoms with Crippen molar-refractivity contribution in [2.75, 3.05) is 25.0 Å². The number of nitrogens with zero attached hydrogens (tertiary/aromatic N) is 2. The molecule has 0 saturated carbocycles. The quantitative estimate of drug-likeness (QED) is 0.773. The Bertz CT molecular complexity index is 286. The molecule has 0 saturated heterocycles. The minimum Gasteiger partial charge on any atom is -0.360 e. The molecule has 1 N–H and O–H groups in total. The van der Waals surface area contributed by atoms with Crippen LogP contribution in [0.25, 0.3) is 0 Å². The molecule has 1 aromatic rings. The fourth-order valence-corrected chi connectivity index (χ4v) is 1.50. The lowest BCUT2D eigenvalue weighted by Gasteiger charge is -2.17. The fraction of sp³-hybridized carbons (Fsp3) is 0.583. The number of hydrogen-bond acceptors (Lipinski definition) is 3. The van der Waals surface area contributed by atoms with E-state index in [0.717, 1.165) is 31.9 Å². The number of hydrogen-bond donors (Lipinski definition) is 1. The van der Waals surface area contributed by atoms with Crippen LogP contribution in [0.15, 0.2) is 18.3 Å². The van der Waals surface area contributed by atoms with E-state index in [9.17, 15) is 0 Å². The standard InChI is InChI=1S/C12H21N3/c1-4-8-15(3)12-9-11(6-7-14-12)10-13-5-2/h6-7,9,13H,4-5,8,10H2,1-3H3. The van der Waals surface area contributed by atoms with E-state index < -0.39 is 0 Å². The smallest absolute Gasteiger partial charge is 0.128 e. The highest BCUT2D eigenvalue weighted by Crippen LogP contribution is 2.11. The predicted molar refractivity (Wildman–Crippen MR) is 65.2 cm³/mol. The first-order chi connectivity index (χ1) is 7.27.